The van der Waals surface area contributed by atoms with Gasteiger partial charge in [0.05, 0.1) is 0 Å². The molecule has 0 aliphatic rings. The van der Waals surface area contributed by atoms with E-state index in [1.54, 1.807) is 24.4 Å². The summed E-state index contributed by atoms with van der Waals surface area (Å²) in [6.07, 6.45) is 3.95. The van der Waals surface area contributed by atoms with Gasteiger partial charge in [0.2, 0.25) is 0 Å². The lowest BCUT2D eigenvalue weighted by Crippen LogP contribution is -2.03. The molecular formula is C9H10ClNO2. The van der Waals surface area contributed by atoms with Gasteiger partial charge in [-0.3, -0.25) is 0 Å². The van der Waals surface area contributed by atoms with Crippen molar-refractivity contribution in [2.75, 3.05) is 7.11 Å². The molecular weight excluding hydrogens is 190 g/mol. The highest BCUT2D eigenvalue weighted by atomic mass is 35.5. The van der Waals surface area contributed by atoms with Gasteiger partial charge in [0.1, 0.15) is 5.15 Å². The van der Waals surface area contributed by atoms with Crippen LogP contribution >= 0.6 is 11.6 Å². The van der Waals surface area contributed by atoms with Crippen LogP contribution in [-0.2, 0) is 4.74 Å². The molecule has 1 heterocycles. The molecule has 1 atom stereocenters. The van der Waals surface area contributed by atoms with E-state index in [4.69, 9.17) is 16.7 Å². The van der Waals surface area contributed by atoms with Crippen molar-refractivity contribution in [2.24, 2.45) is 0 Å². The van der Waals surface area contributed by atoms with E-state index >= 15 is 0 Å². The van der Waals surface area contributed by atoms with E-state index in [0.717, 1.165) is 5.56 Å². The number of aliphatic hydroxyl groups excluding tert-OH is 1. The van der Waals surface area contributed by atoms with Gasteiger partial charge in [-0.2, -0.15) is 0 Å². The van der Waals surface area contributed by atoms with E-state index in [0.29, 0.717) is 5.15 Å². The molecule has 0 fully saturated rings. The molecule has 1 unspecified atom stereocenters. The Morgan fingerprint density at radius 2 is 2.46 bits per heavy atom. The molecule has 0 spiro atoms. The lowest BCUT2D eigenvalue weighted by molar-refractivity contribution is -0.0350. The lowest BCUT2D eigenvalue weighted by Gasteiger charge is -2.00. The molecule has 70 valence electrons. The van der Waals surface area contributed by atoms with E-state index in [1.807, 2.05) is 0 Å². The Bertz CT molecular complexity index is 301. The van der Waals surface area contributed by atoms with Crippen molar-refractivity contribution in [1.29, 1.82) is 0 Å². The summed E-state index contributed by atoms with van der Waals surface area (Å²) in [5, 5.41) is 9.46. The number of hydrogen-bond acceptors (Lipinski definition) is 3. The Morgan fingerprint density at radius 1 is 1.69 bits per heavy atom. The predicted octanol–water partition coefficient (Wildman–Crippen LogP) is 1.71. The lowest BCUT2D eigenvalue weighted by atomic mass is 10.2. The summed E-state index contributed by atoms with van der Waals surface area (Å²) in [6, 6.07) is 3.48. The normalized spacial score (nSPS) is 13.5. The fraction of sp³-hybridized carbons (Fsp3) is 0.222. The highest BCUT2D eigenvalue weighted by Crippen LogP contribution is 2.08. The first-order valence-corrected chi connectivity index (χ1v) is 4.11. The van der Waals surface area contributed by atoms with E-state index in [2.05, 4.69) is 9.72 Å². The average molecular weight is 200 g/mol. The van der Waals surface area contributed by atoms with Gasteiger partial charge in [-0.05, 0) is 23.8 Å². The molecule has 3 nitrogen and oxygen atoms in total. The summed E-state index contributed by atoms with van der Waals surface area (Å²) in [6.45, 7) is 0. The zero-order valence-corrected chi connectivity index (χ0v) is 7.90. The van der Waals surface area contributed by atoms with Gasteiger partial charge in [-0.15, -0.1) is 0 Å². The van der Waals surface area contributed by atoms with Crippen molar-refractivity contribution in [3.8, 4) is 0 Å². The van der Waals surface area contributed by atoms with Crippen LogP contribution in [0.5, 0.6) is 0 Å². The van der Waals surface area contributed by atoms with E-state index in [-0.39, 0.29) is 0 Å². The fourth-order valence-corrected chi connectivity index (χ4v) is 0.975. The quantitative estimate of drug-likeness (QED) is 0.595. The van der Waals surface area contributed by atoms with Gasteiger partial charge in [0.25, 0.3) is 0 Å². The van der Waals surface area contributed by atoms with Gasteiger partial charge in [0.15, 0.2) is 6.29 Å². The highest BCUT2D eigenvalue weighted by molar-refractivity contribution is 6.29. The van der Waals surface area contributed by atoms with Gasteiger partial charge < -0.3 is 9.84 Å². The molecule has 0 bridgehead atoms. The van der Waals surface area contributed by atoms with Crippen molar-refractivity contribution in [3.05, 3.63) is 35.1 Å². The summed E-state index contributed by atoms with van der Waals surface area (Å²) in [5.41, 5.74) is 0.871. The van der Waals surface area contributed by atoms with Gasteiger partial charge in [0, 0.05) is 13.3 Å². The summed E-state index contributed by atoms with van der Waals surface area (Å²) < 4.78 is 4.62. The number of hydrogen-bond donors (Lipinski definition) is 1. The number of methoxy groups -OCH3 is 1. The molecule has 0 aromatic carbocycles. The number of aliphatic hydroxyl groups is 1. The van der Waals surface area contributed by atoms with Gasteiger partial charge in [-0.25, -0.2) is 4.98 Å². The number of rotatable bonds is 3. The molecule has 1 aromatic rings. The zero-order valence-electron chi connectivity index (χ0n) is 7.14. The molecule has 0 saturated heterocycles. The molecule has 0 aliphatic heterocycles. The third kappa shape index (κ3) is 3.55. The number of aromatic nitrogens is 1. The number of pyridine rings is 1. The molecule has 1 N–H and O–H groups in total. The van der Waals surface area contributed by atoms with Crippen molar-refractivity contribution in [3.63, 3.8) is 0 Å². The van der Waals surface area contributed by atoms with Crippen molar-refractivity contribution in [2.45, 2.75) is 6.29 Å². The zero-order chi connectivity index (χ0) is 9.68. The maximum atomic E-state index is 9.03. The molecule has 0 radical (unpaired) electrons. The van der Waals surface area contributed by atoms with Crippen molar-refractivity contribution in [1.82, 2.24) is 4.98 Å². The Hall–Kier alpha value is -0.900. The average Bonchev–Trinajstić information content (AvgIpc) is 2.14. The summed E-state index contributed by atoms with van der Waals surface area (Å²) in [5.74, 6) is 0. The summed E-state index contributed by atoms with van der Waals surface area (Å²) in [4.78, 5) is 3.82. The molecule has 1 aromatic heterocycles. The second kappa shape index (κ2) is 4.97. The minimum absolute atomic E-state index is 0.425. The molecule has 0 amide bonds. The van der Waals surface area contributed by atoms with Crippen LogP contribution in [0, 0.1) is 0 Å². The molecule has 4 heteroatoms. The monoisotopic (exact) mass is 199 g/mol. The number of halogens is 1. The van der Waals surface area contributed by atoms with Gasteiger partial charge >= 0.3 is 0 Å². The predicted molar refractivity (Wildman–Crippen MR) is 51.3 cm³/mol. The maximum absolute atomic E-state index is 9.03. The molecule has 0 saturated carbocycles. The van der Waals surface area contributed by atoms with Crippen LogP contribution in [0.4, 0.5) is 0 Å². The Balaban J connectivity index is 2.68. The smallest absolute Gasteiger partial charge is 0.174 e. The standard InChI is InChI=1S/C9H10ClNO2/c1-13-9(12)3-2-7-4-5-11-8(10)6-7/h2-6,9,12H,1H3/b3-2+. The topological polar surface area (TPSA) is 42.4 Å². The Morgan fingerprint density at radius 3 is 3.08 bits per heavy atom. The van der Waals surface area contributed by atoms with Crippen LogP contribution < -0.4 is 0 Å². The molecule has 1 rings (SSSR count). The van der Waals surface area contributed by atoms with Crippen LogP contribution in [0.3, 0.4) is 0 Å². The fourth-order valence-electron chi connectivity index (χ4n) is 0.793. The van der Waals surface area contributed by atoms with Crippen LogP contribution in [0.1, 0.15) is 5.56 Å². The van der Waals surface area contributed by atoms with Crippen LogP contribution in [0.2, 0.25) is 5.15 Å². The second-order valence-corrected chi connectivity index (χ2v) is 2.78. The van der Waals surface area contributed by atoms with Gasteiger partial charge in [-0.1, -0.05) is 17.7 Å². The first kappa shape index (κ1) is 10.2. The van der Waals surface area contributed by atoms with E-state index in [9.17, 15) is 0 Å². The minimum Gasteiger partial charge on any atom is -0.365 e. The van der Waals surface area contributed by atoms with E-state index in [1.165, 1.54) is 13.2 Å². The Kier molecular flexibility index (Phi) is 3.89. The largest absolute Gasteiger partial charge is 0.365 e. The number of ether oxygens (including phenoxy) is 1. The maximum Gasteiger partial charge on any atom is 0.174 e. The first-order chi connectivity index (χ1) is 6.22. The van der Waals surface area contributed by atoms with E-state index < -0.39 is 6.29 Å². The first-order valence-electron chi connectivity index (χ1n) is 3.73. The third-order valence-corrected chi connectivity index (χ3v) is 1.65. The summed E-state index contributed by atoms with van der Waals surface area (Å²) in [7, 11) is 1.43. The highest BCUT2D eigenvalue weighted by Gasteiger charge is 1.94. The number of nitrogens with zero attached hydrogens (tertiary/aromatic N) is 1. The Labute approximate surface area is 81.6 Å². The van der Waals surface area contributed by atoms with Crippen LogP contribution in [0.25, 0.3) is 6.08 Å². The van der Waals surface area contributed by atoms with Crippen LogP contribution in [-0.4, -0.2) is 23.5 Å². The SMILES string of the molecule is COC(O)/C=C/c1ccnc(Cl)c1. The molecule has 0 aliphatic carbocycles. The second-order valence-electron chi connectivity index (χ2n) is 2.40. The third-order valence-electron chi connectivity index (χ3n) is 1.45. The summed E-state index contributed by atoms with van der Waals surface area (Å²) >= 11 is 5.66. The minimum atomic E-state index is -0.882. The molecule has 13 heavy (non-hydrogen) atoms. The van der Waals surface area contributed by atoms with Crippen molar-refractivity contribution >= 4 is 17.7 Å². The van der Waals surface area contributed by atoms with Crippen LogP contribution in [0.15, 0.2) is 24.4 Å². The van der Waals surface area contributed by atoms with Crippen molar-refractivity contribution < 1.29 is 9.84 Å².